The van der Waals surface area contributed by atoms with Gasteiger partial charge in [0.15, 0.2) is 6.10 Å². The van der Waals surface area contributed by atoms with Gasteiger partial charge in [-0.1, -0.05) is 323 Å². The number of unbranched alkanes of at least 4 members (excludes halogenated alkanes) is 35. The van der Waals surface area contributed by atoms with Crippen LogP contribution in [0, 0.1) is 0 Å². The summed E-state index contributed by atoms with van der Waals surface area (Å²) in [6, 6.07) is 0. The van der Waals surface area contributed by atoms with Gasteiger partial charge in [-0.25, -0.2) is 0 Å². The fraction of sp³-hybridized carbons (Fsp3) is 0.727. The molecule has 0 aliphatic heterocycles. The maximum absolute atomic E-state index is 13.0. The van der Waals surface area contributed by atoms with Crippen LogP contribution < -0.4 is 0 Å². The molecule has 1 unspecified atom stereocenters. The van der Waals surface area contributed by atoms with Crippen LogP contribution in [0.25, 0.3) is 0 Å². The molecule has 6 nitrogen and oxygen atoms in total. The Morgan fingerprint density at radius 1 is 0.253 bits per heavy atom. The van der Waals surface area contributed by atoms with E-state index >= 15 is 0 Å². The molecule has 0 aliphatic rings. The van der Waals surface area contributed by atoms with Crippen molar-refractivity contribution in [3.8, 4) is 0 Å². The van der Waals surface area contributed by atoms with Crippen molar-refractivity contribution in [2.45, 2.75) is 348 Å². The Labute approximate surface area is 514 Å². The van der Waals surface area contributed by atoms with E-state index in [0.717, 1.165) is 116 Å². The molecule has 476 valence electrons. The number of carbonyl (C=O) groups is 3. The van der Waals surface area contributed by atoms with Crippen LogP contribution in [0.4, 0.5) is 0 Å². The molecule has 0 bridgehead atoms. The molecule has 0 rings (SSSR count). The Balaban J connectivity index is 4.40. The van der Waals surface area contributed by atoms with E-state index in [4.69, 9.17) is 14.2 Å². The summed E-state index contributed by atoms with van der Waals surface area (Å²) in [6.07, 6.45) is 96.8. The second kappa shape index (κ2) is 70.6. The van der Waals surface area contributed by atoms with Crippen LogP contribution in [0.2, 0.25) is 0 Å². The van der Waals surface area contributed by atoms with E-state index in [0.29, 0.717) is 19.3 Å². The standard InChI is InChI=1S/C77H132O6/c1-4-7-10-13-16-19-22-25-28-30-32-34-36-38-40-42-44-46-49-52-55-58-61-64-67-70-76(79)82-73-74(72-81-75(78)69-66-63-60-57-54-51-48-27-24-21-18-15-12-9-6-3)83-77(80)71-68-65-62-59-56-53-50-47-45-43-41-39-37-35-33-31-29-26-23-20-17-14-11-8-5-2/h7,10,16,19,23,25-26,28,31-34,38,40,44,46,52,55,74H,4-6,8-9,11-15,17-18,20-22,24,27,29-30,35-37,39,41-43,45,47-51,53-54,56-73H2,1-3H3/b10-7-,19-16-,26-23-,28-25-,33-31-,34-32-,40-38-,46-44-,55-52-. The lowest BCUT2D eigenvalue weighted by Gasteiger charge is -2.18. The highest BCUT2D eigenvalue weighted by Gasteiger charge is 2.19. The normalized spacial score (nSPS) is 12.8. The zero-order chi connectivity index (χ0) is 59.9. The lowest BCUT2D eigenvalue weighted by Crippen LogP contribution is -2.30. The number of hydrogen-bond donors (Lipinski definition) is 0. The molecule has 0 aromatic carbocycles. The Kier molecular flexibility index (Phi) is 67.2. The maximum Gasteiger partial charge on any atom is 0.306 e. The average Bonchev–Trinajstić information content (AvgIpc) is 3.49. The summed E-state index contributed by atoms with van der Waals surface area (Å²) >= 11 is 0. The predicted octanol–water partition coefficient (Wildman–Crippen LogP) is 24.6. The van der Waals surface area contributed by atoms with Crippen LogP contribution in [-0.4, -0.2) is 37.2 Å². The minimum Gasteiger partial charge on any atom is -0.462 e. The molecule has 0 aromatic heterocycles. The van der Waals surface area contributed by atoms with Gasteiger partial charge < -0.3 is 14.2 Å². The third-order valence-corrected chi connectivity index (χ3v) is 15.3. The highest BCUT2D eigenvalue weighted by atomic mass is 16.6. The summed E-state index contributed by atoms with van der Waals surface area (Å²) in [5, 5.41) is 0. The second-order valence-corrected chi connectivity index (χ2v) is 23.4. The maximum atomic E-state index is 13.0. The molecule has 0 aromatic rings. The Hall–Kier alpha value is -3.93. The largest absolute Gasteiger partial charge is 0.462 e. The molecule has 0 heterocycles. The number of hydrogen-bond acceptors (Lipinski definition) is 6. The van der Waals surface area contributed by atoms with E-state index in [1.54, 1.807) is 0 Å². The molecule has 0 saturated carbocycles. The number of esters is 3. The monoisotopic (exact) mass is 1150 g/mol. The Morgan fingerprint density at radius 2 is 0.470 bits per heavy atom. The van der Waals surface area contributed by atoms with Crippen LogP contribution in [-0.2, 0) is 28.6 Å². The molecular formula is C77H132O6. The highest BCUT2D eigenvalue weighted by molar-refractivity contribution is 5.71. The van der Waals surface area contributed by atoms with Gasteiger partial charge >= 0.3 is 17.9 Å². The van der Waals surface area contributed by atoms with E-state index in [9.17, 15) is 14.4 Å². The molecule has 0 aliphatic carbocycles. The lowest BCUT2D eigenvalue weighted by atomic mass is 10.0. The molecule has 0 saturated heterocycles. The highest BCUT2D eigenvalue weighted by Crippen LogP contribution is 2.17. The van der Waals surface area contributed by atoms with Gasteiger partial charge in [0.1, 0.15) is 13.2 Å². The molecule has 0 N–H and O–H groups in total. The van der Waals surface area contributed by atoms with Gasteiger partial charge in [-0.3, -0.25) is 14.4 Å². The summed E-state index contributed by atoms with van der Waals surface area (Å²) in [5.41, 5.74) is 0. The summed E-state index contributed by atoms with van der Waals surface area (Å²) < 4.78 is 17.0. The summed E-state index contributed by atoms with van der Waals surface area (Å²) in [7, 11) is 0. The van der Waals surface area contributed by atoms with Crippen LogP contribution in [0.3, 0.4) is 0 Å². The molecule has 0 spiro atoms. The summed E-state index contributed by atoms with van der Waals surface area (Å²) in [4.78, 5) is 38.5. The number of ether oxygens (including phenoxy) is 3. The average molecular weight is 1150 g/mol. The molecule has 0 amide bonds. The second-order valence-electron chi connectivity index (χ2n) is 23.4. The van der Waals surface area contributed by atoms with E-state index in [2.05, 4.69) is 130 Å². The van der Waals surface area contributed by atoms with E-state index < -0.39 is 6.10 Å². The van der Waals surface area contributed by atoms with Gasteiger partial charge in [0.05, 0.1) is 0 Å². The zero-order valence-electron chi connectivity index (χ0n) is 54.7. The van der Waals surface area contributed by atoms with Crippen molar-refractivity contribution in [1.29, 1.82) is 0 Å². The Morgan fingerprint density at radius 3 is 0.747 bits per heavy atom. The molecule has 6 heteroatoms. The first-order chi connectivity index (χ1) is 41.0. The van der Waals surface area contributed by atoms with Crippen molar-refractivity contribution in [3.63, 3.8) is 0 Å². The SMILES string of the molecule is CC/C=C\C/C=C\C/C=C\C/C=C\C/C=C\C/C=C\C/C=C\CCCCCC(=O)OCC(COC(=O)CCCCCCCCCCCCCCCCC)OC(=O)CCCCCCCCCCCCCCC/C=C\C/C=C\CCCCCCC. The van der Waals surface area contributed by atoms with E-state index in [1.165, 1.54) is 186 Å². The summed E-state index contributed by atoms with van der Waals surface area (Å²) in [6.45, 7) is 6.53. The smallest absolute Gasteiger partial charge is 0.306 e. The first-order valence-corrected chi connectivity index (χ1v) is 35.4. The van der Waals surface area contributed by atoms with Gasteiger partial charge in [-0.05, 0) is 109 Å². The predicted molar refractivity (Wildman–Crippen MR) is 362 cm³/mol. The van der Waals surface area contributed by atoms with Crippen molar-refractivity contribution >= 4 is 17.9 Å². The van der Waals surface area contributed by atoms with Crippen LogP contribution >= 0.6 is 0 Å². The quantitative estimate of drug-likeness (QED) is 0.0261. The fourth-order valence-electron chi connectivity index (χ4n) is 9.99. The van der Waals surface area contributed by atoms with Crippen molar-refractivity contribution < 1.29 is 28.6 Å². The van der Waals surface area contributed by atoms with Crippen LogP contribution in [0.15, 0.2) is 109 Å². The Bertz CT molecular complexity index is 1660. The molecule has 83 heavy (non-hydrogen) atoms. The minimum absolute atomic E-state index is 0.0866. The third-order valence-electron chi connectivity index (χ3n) is 15.3. The molecule has 0 fully saturated rings. The van der Waals surface area contributed by atoms with Gasteiger partial charge in [0.2, 0.25) is 0 Å². The number of carbonyl (C=O) groups excluding carboxylic acids is 3. The molecule has 1 atom stereocenters. The van der Waals surface area contributed by atoms with Gasteiger partial charge in [-0.2, -0.15) is 0 Å². The fourth-order valence-corrected chi connectivity index (χ4v) is 9.99. The molecular weight excluding hydrogens is 1020 g/mol. The topological polar surface area (TPSA) is 78.9 Å². The van der Waals surface area contributed by atoms with Crippen LogP contribution in [0.5, 0.6) is 0 Å². The lowest BCUT2D eigenvalue weighted by molar-refractivity contribution is -0.167. The van der Waals surface area contributed by atoms with Crippen molar-refractivity contribution in [2.75, 3.05) is 13.2 Å². The number of rotatable bonds is 64. The number of allylic oxidation sites excluding steroid dienone is 18. The van der Waals surface area contributed by atoms with Crippen molar-refractivity contribution in [3.05, 3.63) is 109 Å². The van der Waals surface area contributed by atoms with Gasteiger partial charge in [0.25, 0.3) is 0 Å². The first-order valence-electron chi connectivity index (χ1n) is 35.4. The van der Waals surface area contributed by atoms with Gasteiger partial charge in [0, 0.05) is 19.3 Å². The van der Waals surface area contributed by atoms with E-state index in [1.807, 2.05) is 0 Å². The van der Waals surface area contributed by atoms with E-state index in [-0.39, 0.29) is 31.1 Å². The first kappa shape index (κ1) is 79.1. The van der Waals surface area contributed by atoms with Crippen molar-refractivity contribution in [1.82, 2.24) is 0 Å². The van der Waals surface area contributed by atoms with Gasteiger partial charge in [-0.15, -0.1) is 0 Å². The van der Waals surface area contributed by atoms with Crippen molar-refractivity contribution in [2.24, 2.45) is 0 Å². The molecule has 0 radical (unpaired) electrons. The zero-order valence-corrected chi connectivity index (χ0v) is 54.7. The van der Waals surface area contributed by atoms with Crippen LogP contribution in [0.1, 0.15) is 342 Å². The third kappa shape index (κ3) is 68.7. The minimum atomic E-state index is -0.794. The summed E-state index contributed by atoms with van der Waals surface area (Å²) in [5.74, 6) is -0.906.